The highest BCUT2D eigenvalue weighted by molar-refractivity contribution is 5.91. The van der Waals surface area contributed by atoms with Crippen LogP contribution in [-0.2, 0) is 27.2 Å². The van der Waals surface area contributed by atoms with E-state index in [1.54, 1.807) is 20.8 Å². The molecule has 0 spiro atoms. The van der Waals surface area contributed by atoms with E-state index < -0.39 is 35.6 Å². The van der Waals surface area contributed by atoms with Crippen molar-refractivity contribution in [2.75, 3.05) is 0 Å². The Balaban J connectivity index is 2.22. The molecule has 0 aliphatic heterocycles. The Labute approximate surface area is 189 Å². The molecule has 2 aromatic carbocycles. The smallest absolute Gasteiger partial charge is 0.408 e. The van der Waals surface area contributed by atoms with Crippen molar-refractivity contribution < 1.29 is 19.1 Å². The van der Waals surface area contributed by atoms with Gasteiger partial charge in [-0.2, -0.15) is 0 Å². The number of hydrogen-bond acceptors (Lipinski definition) is 4. The van der Waals surface area contributed by atoms with Crippen LogP contribution in [0.15, 0.2) is 48.5 Å². The third kappa shape index (κ3) is 8.41. The minimum absolute atomic E-state index is 0.240. The molecule has 0 aliphatic rings. The number of carbonyl (C=O) groups excluding carboxylic acids is 3. The van der Waals surface area contributed by atoms with Gasteiger partial charge in [0, 0.05) is 12.8 Å². The molecule has 2 atom stereocenters. The predicted molar refractivity (Wildman–Crippen MR) is 124 cm³/mol. The molecule has 0 unspecified atom stereocenters. The van der Waals surface area contributed by atoms with Crippen molar-refractivity contribution in [3.8, 4) is 0 Å². The highest BCUT2D eigenvalue weighted by Gasteiger charge is 2.28. The molecule has 0 bridgehead atoms. The van der Waals surface area contributed by atoms with Crippen molar-refractivity contribution in [1.29, 1.82) is 0 Å². The van der Waals surface area contributed by atoms with E-state index >= 15 is 0 Å². The molecule has 0 heterocycles. The molecule has 0 aliphatic carbocycles. The van der Waals surface area contributed by atoms with Gasteiger partial charge >= 0.3 is 6.09 Å². The van der Waals surface area contributed by atoms with Gasteiger partial charge in [0.05, 0.1) is 0 Å². The van der Waals surface area contributed by atoms with Gasteiger partial charge in [-0.05, 0) is 45.7 Å². The normalized spacial score (nSPS) is 13.0. The minimum atomic E-state index is -0.941. The molecule has 4 N–H and O–H groups in total. The van der Waals surface area contributed by atoms with Crippen LogP contribution in [0.5, 0.6) is 0 Å². The molecule has 3 amide bonds. The van der Waals surface area contributed by atoms with E-state index in [9.17, 15) is 14.4 Å². The Hall–Kier alpha value is -3.35. The topological polar surface area (TPSA) is 111 Å². The zero-order chi connectivity index (χ0) is 23.9. The third-order valence-corrected chi connectivity index (χ3v) is 4.67. The van der Waals surface area contributed by atoms with Gasteiger partial charge in [-0.25, -0.2) is 4.79 Å². The van der Waals surface area contributed by atoms with Crippen molar-refractivity contribution in [3.63, 3.8) is 0 Å². The van der Waals surface area contributed by atoms with Crippen LogP contribution in [-0.4, -0.2) is 35.6 Å². The fourth-order valence-corrected chi connectivity index (χ4v) is 3.43. The number of nitrogens with one attached hydrogen (secondary N) is 2. The number of hydrogen-bond donors (Lipinski definition) is 3. The second-order valence-corrected chi connectivity index (χ2v) is 9.05. The number of rotatable bonds is 8. The van der Waals surface area contributed by atoms with Crippen LogP contribution in [0, 0.1) is 13.8 Å². The lowest BCUT2D eigenvalue weighted by molar-refractivity contribution is -0.128. The Kier molecular flexibility index (Phi) is 8.41. The maximum Gasteiger partial charge on any atom is 0.408 e. The van der Waals surface area contributed by atoms with E-state index in [1.165, 1.54) is 0 Å². The van der Waals surface area contributed by atoms with Crippen LogP contribution in [0.2, 0.25) is 0 Å². The summed E-state index contributed by atoms with van der Waals surface area (Å²) >= 11 is 0. The summed E-state index contributed by atoms with van der Waals surface area (Å²) in [6.07, 6.45) is -0.213. The Morgan fingerprint density at radius 3 is 1.97 bits per heavy atom. The van der Waals surface area contributed by atoms with E-state index in [2.05, 4.69) is 10.6 Å². The average molecular weight is 440 g/mol. The summed E-state index contributed by atoms with van der Waals surface area (Å²) in [5.74, 6) is -1.15. The fraction of sp³-hybridized carbons (Fsp3) is 0.400. The highest BCUT2D eigenvalue weighted by Crippen LogP contribution is 2.13. The second kappa shape index (κ2) is 10.8. The largest absolute Gasteiger partial charge is 0.444 e. The molecule has 0 radical (unpaired) electrons. The second-order valence-electron chi connectivity index (χ2n) is 9.05. The SMILES string of the molecule is Cc1cc(C)cc(C[C@H](NC(=O)OC(C)(C)C)C(=O)N[C@@H](Cc2ccccc2)C(N)=O)c1. The molecule has 0 saturated carbocycles. The molecule has 2 aromatic rings. The number of primary amides is 1. The first-order valence-electron chi connectivity index (χ1n) is 10.6. The number of amides is 3. The summed E-state index contributed by atoms with van der Waals surface area (Å²) in [4.78, 5) is 37.6. The van der Waals surface area contributed by atoms with E-state index in [-0.39, 0.29) is 12.8 Å². The lowest BCUT2D eigenvalue weighted by atomic mass is 10.00. The molecular weight excluding hydrogens is 406 g/mol. The highest BCUT2D eigenvalue weighted by atomic mass is 16.6. The van der Waals surface area contributed by atoms with E-state index in [0.29, 0.717) is 0 Å². The lowest BCUT2D eigenvalue weighted by Gasteiger charge is -2.25. The van der Waals surface area contributed by atoms with Crippen LogP contribution >= 0.6 is 0 Å². The maximum atomic E-state index is 13.1. The molecule has 7 heteroatoms. The predicted octanol–water partition coefficient (Wildman–Crippen LogP) is 2.95. The summed E-state index contributed by atoms with van der Waals surface area (Å²) in [5, 5.41) is 5.34. The number of benzene rings is 2. The Bertz CT molecular complexity index is 931. The Morgan fingerprint density at radius 1 is 0.875 bits per heavy atom. The van der Waals surface area contributed by atoms with E-state index in [4.69, 9.17) is 10.5 Å². The number of aryl methyl sites for hydroxylation is 2. The fourth-order valence-electron chi connectivity index (χ4n) is 3.43. The minimum Gasteiger partial charge on any atom is -0.444 e. The number of alkyl carbamates (subject to hydrolysis) is 1. The zero-order valence-corrected chi connectivity index (χ0v) is 19.4. The lowest BCUT2D eigenvalue weighted by Crippen LogP contribution is -2.54. The molecular formula is C25H33N3O4. The van der Waals surface area contributed by atoms with Gasteiger partial charge in [0.2, 0.25) is 11.8 Å². The van der Waals surface area contributed by atoms with E-state index in [0.717, 1.165) is 22.3 Å². The number of carbonyl (C=O) groups is 3. The Morgan fingerprint density at radius 2 is 1.44 bits per heavy atom. The summed E-state index contributed by atoms with van der Waals surface area (Å²) < 4.78 is 5.33. The first-order chi connectivity index (χ1) is 14.9. The summed E-state index contributed by atoms with van der Waals surface area (Å²) in [7, 11) is 0. The van der Waals surface area contributed by atoms with Crippen LogP contribution in [0.1, 0.15) is 43.0 Å². The molecule has 2 rings (SSSR count). The number of ether oxygens (including phenoxy) is 1. The molecule has 0 fully saturated rings. The van der Waals surface area contributed by atoms with Gasteiger partial charge in [0.25, 0.3) is 0 Å². The summed E-state index contributed by atoms with van der Waals surface area (Å²) in [6, 6.07) is 13.4. The average Bonchev–Trinajstić information content (AvgIpc) is 2.65. The molecule has 32 heavy (non-hydrogen) atoms. The number of nitrogens with two attached hydrogens (primary N) is 1. The quantitative estimate of drug-likeness (QED) is 0.587. The van der Waals surface area contributed by atoms with E-state index in [1.807, 2.05) is 62.4 Å². The molecule has 7 nitrogen and oxygen atoms in total. The monoisotopic (exact) mass is 439 g/mol. The van der Waals surface area contributed by atoms with Gasteiger partial charge in [0.1, 0.15) is 17.7 Å². The molecule has 0 aromatic heterocycles. The van der Waals surface area contributed by atoms with Gasteiger partial charge < -0.3 is 21.1 Å². The van der Waals surface area contributed by atoms with Crippen molar-refractivity contribution >= 4 is 17.9 Å². The van der Waals surface area contributed by atoms with Crippen LogP contribution in [0.4, 0.5) is 4.79 Å². The van der Waals surface area contributed by atoms with Gasteiger partial charge in [-0.15, -0.1) is 0 Å². The maximum absolute atomic E-state index is 13.1. The summed E-state index contributed by atoms with van der Waals surface area (Å²) in [6.45, 7) is 9.17. The van der Waals surface area contributed by atoms with Gasteiger partial charge in [0.15, 0.2) is 0 Å². The van der Waals surface area contributed by atoms with Crippen molar-refractivity contribution in [2.45, 2.75) is 65.1 Å². The summed E-state index contributed by atoms with van der Waals surface area (Å²) in [5.41, 5.74) is 8.68. The van der Waals surface area contributed by atoms with Gasteiger partial charge in [-0.1, -0.05) is 59.7 Å². The van der Waals surface area contributed by atoms with Crippen LogP contribution in [0.25, 0.3) is 0 Å². The van der Waals surface area contributed by atoms with Crippen LogP contribution < -0.4 is 16.4 Å². The van der Waals surface area contributed by atoms with Gasteiger partial charge in [-0.3, -0.25) is 9.59 Å². The molecule has 172 valence electrons. The first kappa shape index (κ1) is 24.9. The third-order valence-electron chi connectivity index (χ3n) is 4.67. The van der Waals surface area contributed by atoms with Crippen molar-refractivity contribution in [1.82, 2.24) is 10.6 Å². The molecule has 0 saturated heterocycles. The van der Waals surface area contributed by atoms with Crippen molar-refractivity contribution in [3.05, 3.63) is 70.8 Å². The standard InChI is InChI=1S/C25H33N3O4/c1-16-11-17(2)13-19(12-16)15-21(28-24(31)32-25(3,4)5)23(30)27-20(22(26)29)14-18-9-7-6-8-10-18/h6-13,20-21H,14-15H2,1-5H3,(H2,26,29)(H,27,30)(H,28,31)/t20-,21-/m0/s1. The van der Waals surface area contributed by atoms with Crippen LogP contribution in [0.3, 0.4) is 0 Å². The first-order valence-corrected chi connectivity index (χ1v) is 10.6. The zero-order valence-electron chi connectivity index (χ0n) is 19.4. The van der Waals surface area contributed by atoms with Crippen molar-refractivity contribution in [2.24, 2.45) is 5.73 Å².